The average Bonchev–Trinajstić information content (AvgIpc) is 2.86. The van der Waals surface area contributed by atoms with Crippen LogP contribution in [0.25, 0.3) is 0 Å². The molecule has 0 radical (unpaired) electrons. The predicted molar refractivity (Wildman–Crippen MR) is 100 cm³/mol. The molecule has 3 rings (SSSR count). The Bertz CT molecular complexity index is 601. The van der Waals surface area contributed by atoms with Crippen molar-refractivity contribution < 1.29 is 23.4 Å². The largest absolute Gasteiger partial charge is 0.600 e. The van der Waals surface area contributed by atoms with Crippen LogP contribution in [0.5, 0.6) is 0 Å². The lowest BCUT2D eigenvalue weighted by molar-refractivity contribution is 0.00578. The van der Waals surface area contributed by atoms with Crippen LogP contribution in [-0.2, 0) is 23.4 Å². The SMILES string of the molecule is COC1=CN(B2OC(C)(C)C(C)(C)O2)C=CN1B1OC(C)(C)C(C)(C)O1. The Morgan fingerprint density at radius 3 is 1.58 bits per heavy atom. The Morgan fingerprint density at radius 2 is 1.15 bits per heavy atom. The van der Waals surface area contributed by atoms with Gasteiger partial charge in [-0.1, -0.05) is 0 Å². The summed E-state index contributed by atoms with van der Waals surface area (Å²) in [6, 6.07) is 0. The van der Waals surface area contributed by atoms with Gasteiger partial charge in [0.1, 0.15) is 0 Å². The smallest absolute Gasteiger partial charge is 0.482 e. The van der Waals surface area contributed by atoms with Crippen LogP contribution in [0, 0.1) is 0 Å². The highest BCUT2D eigenvalue weighted by molar-refractivity contribution is 6.44. The Balaban J connectivity index is 1.77. The number of hydrogen-bond acceptors (Lipinski definition) is 7. The second-order valence-corrected chi connectivity index (χ2v) is 8.95. The molecule has 144 valence electrons. The third kappa shape index (κ3) is 3.05. The third-order valence-electron chi connectivity index (χ3n) is 6.07. The second kappa shape index (κ2) is 5.92. The van der Waals surface area contributed by atoms with Crippen molar-refractivity contribution in [2.45, 2.75) is 77.8 Å². The van der Waals surface area contributed by atoms with E-state index in [2.05, 4.69) is 0 Å². The third-order valence-corrected chi connectivity index (χ3v) is 6.07. The first-order chi connectivity index (χ1) is 11.8. The molecule has 0 aromatic rings. The van der Waals surface area contributed by atoms with Crippen LogP contribution in [0.1, 0.15) is 55.4 Å². The maximum Gasteiger partial charge on any atom is 0.600 e. The van der Waals surface area contributed by atoms with E-state index in [0.29, 0.717) is 5.88 Å². The lowest BCUT2D eigenvalue weighted by Gasteiger charge is -2.32. The molecule has 0 aromatic heterocycles. The molecule has 26 heavy (non-hydrogen) atoms. The van der Waals surface area contributed by atoms with Crippen LogP contribution in [0.15, 0.2) is 24.5 Å². The zero-order valence-electron chi connectivity index (χ0n) is 17.3. The van der Waals surface area contributed by atoms with E-state index in [4.69, 9.17) is 23.4 Å². The van der Waals surface area contributed by atoms with Gasteiger partial charge in [0.15, 0.2) is 0 Å². The van der Waals surface area contributed by atoms with Crippen LogP contribution in [0.4, 0.5) is 0 Å². The molecular weight excluding hydrogens is 334 g/mol. The highest BCUT2D eigenvalue weighted by atomic mass is 16.7. The van der Waals surface area contributed by atoms with Gasteiger partial charge in [-0.2, -0.15) is 0 Å². The Hall–Kier alpha value is -1.15. The van der Waals surface area contributed by atoms with E-state index in [1.807, 2.05) is 83.6 Å². The molecule has 0 saturated carbocycles. The molecule has 0 atom stereocenters. The molecule has 9 heteroatoms. The van der Waals surface area contributed by atoms with E-state index in [-0.39, 0.29) is 0 Å². The molecule has 0 unspecified atom stereocenters. The highest BCUT2D eigenvalue weighted by Crippen LogP contribution is 2.40. The maximum absolute atomic E-state index is 6.11. The minimum absolute atomic E-state index is 0.407. The molecule has 3 aliphatic heterocycles. The fraction of sp³-hybridized carbons (Fsp3) is 0.765. The Morgan fingerprint density at radius 1 is 0.731 bits per heavy atom. The summed E-state index contributed by atoms with van der Waals surface area (Å²) in [6.45, 7) is 16.2. The standard InChI is InChI=1S/C17H30B2N2O5/c1-14(2)15(3,4)24-18(23-14)20-10-11-21(13(12-20)22-9)19-25-16(5,6)17(7,8)26-19/h10-12H,1-9H3. The number of methoxy groups -OCH3 is 1. The molecule has 0 bridgehead atoms. The van der Waals surface area contributed by atoms with Gasteiger partial charge in [0, 0.05) is 12.4 Å². The summed E-state index contributed by atoms with van der Waals surface area (Å²) in [7, 11) is 0.524. The molecule has 0 N–H and O–H groups in total. The molecule has 3 heterocycles. The molecule has 0 spiro atoms. The Labute approximate surface area is 157 Å². The molecule has 2 saturated heterocycles. The molecule has 2 fully saturated rings. The minimum atomic E-state index is -0.567. The first kappa shape index (κ1) is 19.6. The highest BCUT2D eigenvalue weighted by Gasteiger charge is 2.56. The second-order valence-electron chi connectivity index (χ2n) is 8.95. The first-order valence-electron chi connectivity index (χ1n) is 9.01. The van der Waals surface area contributed by atoms with Gasteiger partial charge in [-0.25, -0.2) is 0 Å². The molecular formula is C17H30B2N2O5. The summed E-state index contributed by atoms with van der Waals surface area (Å²) in [4.78, 5) is 3.66. The Kier molecular flexibility index (Phi) is 4.47. The lowest BCUT2D eigenvalue weighted by atomic mass is 9.90. The van der Waals surface area contributed by atoms with E-state index in [1.54, 1.807) is 7.11 Å². The van der Waals surface area contributed by atoms with Crippen LogP contribution in [0.3, 0.4) is 0 Å². The monoisotopic (exact) mass is 364 g/mol. The van der Waals surface area contributed by atoms with Crippen molar-refractivity contribution in [3.05, 3.63) is 24.5 Å². The van der Waals surface area contributed by atoms with Crippen molar-refractivity contribution in [3.8, 4) is 0 Å². The van der Waals surface area contributed by atoms with E-state index in [1.165, 1.54) is 0 Å². The number of nitrogens with zero attached hydrogens (tertiary/aromatic N) is 2. The predicted octanol–water partition coefficient (Wildman–Crippen LogP) is 2.70. The van der Waals surface area contributed by atoms with E-state index in [0.717, 1.165) is 0 Å². The van der Waals surface area contributed by atoms with Gasteiger partial charge in [0.25, 0.3) is 0 Å². The topological polar surface area (TPSA) is 52.6 Å². The molecule has 0 aromatic carbocycles. The van der Waals surface area contributed by atoms with Gasteiger partial charge >= 0.3 is 14.5 Å². The molecule has 0 amide bonds. The van der Waals surface area contributed by atoms with Crippen molar-refractivity contribution >= 4 is 14.5 Å². The zero-order chi connectivity index (χ0) is 19.5. The normalized spacial score (nSPS) is 28.6. The summed E-state index contributed by atoms with van der Waals surface area (Å²) in [5, 5.41) is 0. The fourth-order valence-corrected chi connectivity index (χ4v) is 2.78. The summed E-state index contributed by atoms with van der Waals surface area (Å²) < 4.78 is 30.0. The summed E-state index contributed by atoms with van der Waals surface area (Å²) >= 11 is 0. The number of ether oxygens (including phenoxy) is 1. The van der Waals surface area contributed by atoms with E-state index < -0.39 is 36.9 Å². The molecule has 7 nitrogen and oxygen atoms in total. The summed E-state index contributed by atoms with van der Waals surface area (Å²) in [5.41, 5.74) is -1.66. The summed E-state index contributed by atoms with van der Waals surface area (Å²) in [5.74, 6) is 0.584. The van der Waals surface area contributed by atoms with Gasteiger partial charge in [0.05, 0.1) is 35.7 Å². The van der Waals surface area contributed by atoms with Crippen molar-refractivity contribution in [3.63, 3.8) is 0 Å². The van der Waals surface area contributed by atoms with E-state index in [9.17, 15) is 0 Å². The summed E-state index contributed by atoms with van der Waals surface area (Å²) in [6.07, 6.45) is 5.55. The van der Waals surface area contributed by atoms with Crippen molar-refractivity contribution in [2.24, 2.45) is 0 Å². The van der Waals surface area contributed by atoms with Crippen LogP contribution >= 0.6 is 0 Å². The van der Waals surface area contributed by atoms with Gasteiger partial charge in [-0.05, 0) is 55.4 Å². The molecule has 0 aliphatic carbocycles. The van der Waals surface area contributed by atoms with Crippen LogP contribution < -0.4 is 0 Å². The fourth-order valence-electron chi connectivity index (χ4n) is 2.78. The van der Waals surface area contributed by atoms with Gasteiger partial charge in [-0.15, -0.1) is 0 Å². The lowest BCUT2D eigenvalue weighted by Crippen LogP contribution is -2.44. The van der Waals surface area contributed by atoms with Crippen LogP contribution in [-0.4, -0.2) is 53.6 Å². The number of rotatable bonds is 3. The van der Waals surface area contributed by atoms with Crippen molar-refractivity contribution in [1.29, 1.82) is 0 Å². The van der Waals surface area contributed by atoms with Crippen LogP contribution in [0.2, 0.25) is 0 Å². The van der Waals surface area contributed by atoms with Gasteiger partial charge in [-0.3, -0.25) is 0 Å². The number of hydrogen-bond donors (Lipinski definition) is 0. The van der Waals surface area contributed by atoms with E-state index >= 15 is 0 Å². The average molecular weight is 364 g/mol. The van der Waals surface area contributed by atoms with Gasteiger partial charge < -0.3 is 33.0 Å². The van der Waals surface area contributed by atoms with Crippen molar-refractivity contribution in [1.82, 2.24) is 9.62 Å². The first-order valence-corrected chi connectivity index (χ1v) is 9.01. The quantitative estimate of drug-likeness (QED) is 0.714. The minimum Gasteiger partial charge on any atom is -0.482 e. The van der Waals surface area contributed by atoms with Gasteiger partial charge in [0.2, 0.25) is 5.88 Å². The van der Waals surface area contributed by atoms with Crippen molar-refractivity contribution in [2.75, 3.05) is 7.11 Å². The molecule has 3 aliphatic rings. The zero-order valence-corrected chi connectivity index (χ0v) is 17.3. The maximum atomic E-state index is 6.11.